The molecule has 3 aliphatic rings. The van der Waals surface area contributed by atoms with Crippen LogP contribution in [-0.2, 0) is 19.6 Å². The number of hydrogen-bond acceptors (Lipinski definition) is 6. The van der Waals surface area contributed by atoms with Crippen molar-refractivity contribution in [1.29, 1.82) is 0 Å². The molecule has 2 heterocycles. The Bertz CT molecular complexity index is 1150. The molecule has 4 N–H and O–H groups in total. The molecular weight excluding hydrogens is 468 g/mol. The summed E-state index contributed by atoms with van der Waals surface area (Å²) in [7, 11) is 1.74. The highest BCUT2D eigenvalue weighted by molar-refractivity contribution is 5.75. The molecule has 8 nitrogen and oxygen atoms in total. The fourth-order valence-corrected chi connectivity index (χ4v) is 5.38. The molecule has 2 amide bonds. The standard InChI is InChI=1S/C29H36N4O4/c1-35-16-15-33-13-11-29(12-14-33,23-7-5-21(6-8-23)22-3-2-4-24(30)17-22)19-31-28(34)32-25-9-10-26-27(18-25)37-20-36-26/h2-10,17,25H,11-16,18-20,30H2,1H3,(H2,31,32,34). The van der Waals surface area contributed by atoms with Gasteiger partial charge in [-0.05, 0) is 60.8 Å². The highest BCUT2D eigenvalue weighted by Crippen LogP contribution is 2.36. The largest absolute Gasteiger partial charge is 0.458 e. The van der Waals surface area contributed by atoms with Crippen molar-refractivity contribution < 1.29 is 19.0 Å². The number of nitrogens with two attached hydrogens (primary N) is 1. The van der Waals surface area contributed by atoms with Gasteiger partial charge in [-0.1, -0.05) is 42.5 Å². The van der Waals surface area contributed by atoms with E-state index in [1.807, 2.05) is 30.4 Å². The number of hydrogen-bond donors (Lipinski definition) is 3. The van der Waals surface area contributed by atoms with Gasteiger partial charge in [0.25, 0.3) is 0 Å². The second kappa shape index (κ2) is 11.3. The maximum Gasteiger partial charge on any atom is 0.315 e. The summed E-state index contributed by atoms with van der Waals surface area (Å²) in [5.41, 5.74) is 10.1. The van der Waals surface area contributed by atoms with Crippen molar-refractivity contribution in [3.05, 3.63) is 77.8 Å². The Morgan fingerprint density at radius 3 is 2.70 bits per heavy atom. The maximum absolute atomic E-state index is 12.9. The number of nitrogen functional groups attached to an aromatic ring is 1. The number of piperidine rings is 1. The average molecular weight is 505 g/mol. The summed E-state index contributed by atoms with van der Waals surface area (Å²) in [6, 6.07) is 16.4. The van der Waals surface area contributed by atoms with E-state index >= 15 is 0 Å². The van der Waals surface area contributed by atoms with E-state index in [1.54, 1.807) is 7.11 Å². The van der Waals surface area contributed by atoms with Gasteiger partial charge in [-0.2, -0.15) is 0 Å². The van der Waals surface area contributed by atoms with Crippen LogP contribution in [0.5, 0.6) is 0 Å². The molecule has 1 atom stereocenters. The van der Waals surface area contributed by atoms with Gasteiger partial charge < -0.3 is 35.5 Å². The van der Waals surface area contributed by atoms with Gasteiger partial charge in [0, 0.05) is 37.7 Å². The summed E-state index contributed by atoms with van der Waals surface area (Å²) in [6.07, 6.45) is 6.34. The van der Waals surface area contributed by atoms with E-state index in [9.17, 15) is 4.79 Å². The summed E-state index contributed by atoms with van der Waals surface area (Å²) in [6.45, 7) is 4.39. The minimum atomic E-state index is -0.171. The lowest BCUT2D eigenvalue weighted by molar-refractivity contribution is 0.0723. The number of allylic oxidation sites excluding steroid dienone is 1. The lowest BCUT2D eigenvalue weighted by Crippen LogP contribution is -2.52. The molecule has 1 aliphatic carbocycles. The Morgan fingerprint density at radius 2 is 1.95 bits per heavy atom. The molecule has 5 rings (SSSR count). The minimum absolute atomic E-state index is 0.120. The Kier molecular flexibility index (Phi) is 7.67. The summed E-state index contributed by atoms with van der Waals surface area (Å²) >= 11 is 0. The first-order valence-electron chi connectivity index (χ1n) is 12.9. The normalized spacial score (nSPS) is 20.6. The number of likely N-dealkylation sites (tertiary alicyclic amines) is 1. The van der Waals surface area contributed by atoms with Gasteiger partial charge in [-0.25, -0.2) is 4.79 Å². The fourth-order valence-electron chi connectivity index (χ4n) is 5.38. The number of rotatable bonds is 8. The van der Waals surface area contributed by atoms with Crippen molar-refractivity contribution in [3.8, 4) is 11.1 Å². The Morgan fingerprint density at radius 1 is 1.14 bits per heavy atom. The third-order valence-corrected chi connectivity index (χ3v) is 7.65. The number of amides is 2. The highest BCUT2D eigenvalue weighted by Gasteiger charge is 2.37. The zero-order valence-corrected chi connectivity index (χ0v) is 21.4. The van der Waals surface area contributed by atoms with Crippen molar-refractivity contribution in [1.82, 2.24) is 15.5 Å². The van der Waals surface area contributed by atoms with E-state index in [0.717, 1.165) is 67.4 Å². The van der Waals surface area contributed by atoms with Crippen molar-refractivity contribution in [2.75, 3.05) is 52.4 Å². The monoisotopic (exact) mass is 504 g/mol. The highest BCUT2D eigenvalue weighted by atomic mass is 16.7. The van der Waals surface area contributed by atoms with Gasteiger partial charge in [-0.15, -0.1) is 0 Å². The number of urea groups is 1. The van der Waals surface area contributed by atoms with Gasteiger partial charge in [0.2, 0.25) is 6.79 Å². The van der Waals surface area contributed by atoms with Gasteiger partial charge in [-0.3, -0.25) is 0 Å². The van der Waals surface area contributed by atoms with E-state index in [-0.39, 0.29) is 24.3 Å². The fraction of sp³-hybridized carbons (Fsp3) is 0.414. The predicted octanol–water partition coefficient (Wildman–Crippen LogP) is 3.76. The molecule has 8 heteroatoms. The molecular formula is C29H36N4O4. The summed E-state index contributed by atoms with van der Waals surface area (Å²) in [5, 5.41) is 6.25. The van der Waals surface area contributed by atoms with Gasteiger partial charge in [0.15, 0.2) is 5.76 Å². The van der Waals surface area contributed by atoms with Crippen LogP contribution < -0.4 is 16.4 Å². The van der Waals surface area contributed by atoms with E-state index in [0.29, 0.717) is 13.0 Å². The van der Waals surface area contributed by atoms with Crippen molar-refractivity contribution >= 4 is 11.7 Å². The SMILES string of the molecule is COCCN1CCC(CNC(=O)NC2C=CC3=C(C2)OCO3)(c2ccc(-c3cccc(N)c3)cc2)CC1. The molecule has 0 bridgehead atoms. The van der Waals surface area contributed by atoms with Crippen molar-refractivity contribution in [2.45, 2.75) is 30.7 Å². The van der Waals surface area contributed by atoms with Crippen LogP contribution in [0.15, 0.2) is 72.2 Å². The average Bonchev–Trinajstić information content (AvgIpc) is 3.39. The number of methoxy groups -OCH3 is 1. The van der Waals surface area contributed by atoms with Crippen LogP contribution in [0.3, 0.4) is 0 Å². The molecule has 0 spiro atoms. The first kappa shape index (κ1) is 25.2. The molecule has 2 aliphatic heterocycles. The van der Waals surface area contributed by atoms with Crippen molar-refractivity contribution in [3.63, 3.8) is 0 Å². The molecule has 2 aromatic carbocycles. The second-order valence-electron chi connectivity index (χ2n) is 10.0. The molecule has 2 aromatic rings. The number of nitrogens with one attached hydrogen (secondary N) is 2. The van der Waals surface area contributed by atoms with E-state index in [4.69, 9.17) is 19.9 Å². The van der Waals surface area contributed by atoms with Crippen LogP contribution in [0.25, 0.3) is 11.1 Å². The van der Waals surface area contributed by atoms with Crippen molar-refractivity contribution in [2.24, 2.45) is 0 Å². The molecule has 0 radical (unpaired) electrons. The molecule has 1 saturated heterocycles. The molecule has 0 saturated carbocycles. The number of ether oxygens (including phenoxy) is 3. The Hall–Kier alpha value is -3.49. The van der Waals surface area contributed by atoms with Gasteiger partial charge >= 0.3 is 6.03 Å². The molecule has 37 heavy (non-hydrogen) atoms. The number of anilines is 1. The molecule has 196 valence electrons. The Balaban J connectivity index is 1.27. The van der Waals surface area contributed by atoms with Crippen LogP contribution in [0.4, 0.5) is 10.5 Å². The molecule has 1 fully saturated rings. The lowest BCUT2D eigenvalue weighted by atomic mass is 9.72. The zero-order valence-electron chi connectivity index (χ0n) is 21.4. The van der Waals surface area contributed by atoms with Gasteiger partial charge in [0.05, 0.1) is 12.6 Å². The second-order valence-corrected chi connectivity index (χ2v) is 10.0. The third-order valence-electron chi connectivity index (χ3n) is 7.65. The van der Waals surface area contributed by atoms with Gasteiger partial charge in [0.1, 0.15) is 5.76 Å². The maximum atomic E-state index is 12.9. The van der Waals surface area contributed by atoms with Crippen LogP contribution in [0.2, 0.25) is 0 Å². The molecule has 1 unspecified atom stereocenters. The number of carbonyl (C=O) groups excluding carboxylic acids is 1. The van der Waals surface area contributed by atoms with Crippen LogP contribution in [0, 0.1) is 0 Å². The lowest BCUT2D eigenvalue weighted by Gasteiger charge is -2.42. The number of nitrogens with zero attached hydrogens (tertiary/aromatic N) is 1. The van der Waals surface area contributed by atoms with E-state index in [1.165, 1.54) is 5.56 Å². The third kappa shape index (κ3) is 5.92. The van der Waals surface area contributed by atoms with E-state index in [2.05, 4.69) is 45.9 Å². The smallest absolute Gasteiger partial charge is 0.315 e. The summed E-state index contributed by atoms with van der Waals surface area (Å²) in [4.78, 5) is 15.3. The van der Waals surface area contributed by atoms with Crippen LogP contribution in [0.1, 0.15) is 24.8 Å². The predicted molar refractivity (Wildman–Crippen MR) is 144 cm³/mol. The quantitative estimate of drug-likeness (QED) is 0.474. The topological polar surface area (TPSA) is 98.1 Å². The first-order valence-corrected chi connectivity index (χ1v) is 12.9. The van der Waals surface area contributed by atoms with E-state index < -0.39 is 0 Å². The Labute approximate surface area is 218 Å². The minimum Gasteiger partial charge on any atom is -0.458 e. The molecule has 0 aromatic heterocycles. The summed E-state index contributed by atoms with van der Waals surface area (Å²) in [5.74, 6) is 1.56. The number of carbonyl (C=O) groups is 1. The first-order chi connectivity index (χ1) is 18.0. The number of benzene rings is 2. The summed E-state index contributed by atoms with van der Waals surface area (Å²) < 4.78 is 16.2. The van der Waals surface area contributed by atoms with Crippen LogP contribution in [-0.4, -0.2) is 63.7 Å². The zero-order chi connectivity index (χ0) is 25.7. The van der Waals surface area contributed by atoms with Crippen LogP contribution >= 0.6 is 0 Å².